The van der Waals surface area contributed by atoms with E-state index in [1.807, 2.05) is 13.8 Å². The highest BCUT2D eigenvalue weighted by Gasteiger charge is 2.41. The van der Waals surface area contributed by atoms with Gasteiger partial charge in [0, 0.05) is 6.42 Å². The molecule has 0 atom stereocenters. The Labute approximate surface area is 128 Å². The fourth-order valence-electron chi connectivity index (χ4n) is 2.31. The summed E-state index contributed by atoms with van der Waals surface area (Å²) in [5.74, 6) is 0.401. The monoisotopic (exact) mass is 321 g/mol. The average Bonchev–Trinajstić information content (AvgIpc) is 2.96. The number of rotatable bonds is 4. The van der Waals surface area contributed by atoms with Crippen molar-refractivity contribution in [3.8, 4) is 0 Å². The fourth-order valence-corrected chi connectivity index (χ4v) is 3.83. The Morgan fingerprint density at radius 3 is 2.68 bits per heavy atom. The van der Waals surface area contributed by atoms with Crippen LogP contribution in [0.15, 0.2) is 33.7 Å². The first-order valence-corrected chi connectivity index (χ1v) is 8.31. The summed E-state index contributed by atoms with van der Waals surface area (Å²) in [5, 5.41) is 3.80. The molecule has 0 saturated carbocycles. The second-order valence-corrected chi connectivity index (χ2v) is 7.35. The van der Waals surface area contributed by atoms with Gasteiger partial charge in [-0.05, 0) is 18.1 Å². The summed E-state index contributed by atoms with van der Waals surface area (Å²) in [6.45, 7) is 3.78. The van der Waals surface area contributed by atoms with Crippen LogP contribution in [0.5, 0.6) is 0 Å². The van der Waals surface area contributed by atoms with Crippen molar-refractivity contribution in [2.45, 2.75) is 31.7 Å². The van der Waals surface area contributed by atoms with Gasteiger partial charge in [-0.25, -0.2) is 12.7 Å². The van der Waals surface area contributed by atoms with E-state index in [4.69, 9.17) is 4.52 Å². The minimum absolute atomic E-state index is 0.0157. The number of nitrogens with zero attached hydrogens (tertiary/aromatic N) is 3. The van der Waals surface area contributed by atoms with Crippen molar-refractivity contribution in [1.29, 1.82) is 0 Å². The lowest BCUT2D eigenvalue weighted by molar-refractivity contribution is 0.0855. The highest BCUT2D eigenvalue weighted by Crippen LogP contribution is 2.30. The standard InChI is InChI=1S/C14H15N3O4S/c1-9(2)7-12-15-13(21-16-12)8-17-14(18)10-5-3-4-6-11(10)22(17,19)20/h3-6,9H,7-8H2,1-2H3. The number of benzene rings is 1. The molecular weight excluding hydrogens is 306 g/mol. The molecule has 0 unspecified atom stereocenters. The SMILES string of the molecule is CC(C)Cc1noc(CN2C(=O)c3ccccc3S2(=O)=O)n1. The summed E-state index contributed by atoms with van der Waals surface area (Å²) in [7, 11) is -3.85. The lowest BCUT2D eigenvalue weighted by Gasteiger charge is -2.11. The molecule has 3 rings (SSSR count). The van der Waals surface area contributed by atoms with E-state index in [9.17, 15) is 13.2 Å². The Kier molecular flexibility index (Phi) is 3.48. The Morgan fingerprint density at radius 2 is 2.00 bits per heavy atom. The molecule has 2 heterocycles. The first kappa shape index (κ1) is 14.7. The van der Waals surface area contributed by atoms with Crippen LogP contribution in [0.4, 0.5) is 0 Å². The minimum atomic E-state index is -3.85. The van der Waals surface area contributed by atoms with Crippen LogP contribution >= 0.6 is 0 Å². The van der Waals surface area contributed by atoms with Gasteiger partial charge in [0.2, 0.25) is 5.89 Å². The molecule has 1 aromatic heterocycles. The molecule has 0 saturated heterocycles. The van der Waals surface area contributed by atoms with Gasteiger partial charge in [-0.3, -0.25) is 4.79 Å². The molecule has 2 aromatic rings. The molecule has 0 aliphatic carbocycles. The molecule has 1 aliphatic heterocycles. The van der Waals surface area contributed by atoms with Gasteiger partial charge in [-0.1, -0.05) is 31.1 Å². The van der Waals surface area contributed by atoms with Gasteiger partial charge in [0.25, 0.3) is 15.9 Å². The number of fused-ring (bicyclic) bond motifs is 1. The number of hydrogen-bond donors (Lipinski definition) is 0. The lowest BCUT2D eigenvalue weighted by atomic mass is 10.1. The normalized spacial score (nSPS) is 16.3. The van der Waals surface area contributed by atoms with E-state index in [0.29, 0.717) is 18.2 Å². The van der Waals surface area contributed by atoms with E-state index >= 15 is 0 Å². The predicted octanol–water partition coefficient (Wildman–Crippen LogP) is 1.61. The van der Waals surface area contributed by atoms with Crippen molar-refractivity contribution in [2.75, 3.05) is 0 Å². The van der Waals surface area contributed by atoms with E-state index in [2.05, 4.69) is 10.1 Å². The van der Waals surface area contributed by atoms with Crippen LogP contribution in [-0.2, 0) is 23.0 Å². The van der Waals surface area contributed by atoms with Gasteiger partial charge >= 0.3 is 0 Å². The van der Waals surface area contributed by atoms with E-state index in [1.165, 1.54) is 12.1 Å². The number of carbonyl (C=O) groups is 1. The number of carbonyl (C=O) groups excluding carboxylic acids is 1. The van der Waals surface area contributed by atoms with Crippen LogP contribution in [0.3, 0.4) is 0 Å². The second-order valence-electron chi connectivity index (χ2n) is 5.52. The van der Waals surface area contributed by atoms with Gasteiger partial charge in [-0.15, -0.1) is 0 Å². The van der Waals surface area contributed by atoms with Crippen molar-refractivity contribution in [3.63, 3.8) is 0 Å². The van der Waals surface area contributed by atoms with Gasteiger partial charge in [0.15, 0.2) is 5.82 Å². The first-order chi connectivity index (χ1) is 10.4. The molecule has 8 heteroatoms. The second kappa shape index (κ2) is 5.20. The maximum Gasteiger partial charge on any atom is 0.269 e. The van der Waals surface area contributed by atoms with Gasteiger partial charge < -0.3 is 4.52 Å². The maximum atomic E-state index is 12.4. The summed E-state index contributed by atoms with van der Waals surface area (Å²) >= 11 is 0. The fraction of sp³-hybridized carbons (Fsp3) is 0.357. The Balaban J connectivity index is 1.88. The molecule has 7 nitrogen and oxygen atoms in total. The Morgan fingerprint density at radius 1 is 1.27 bits per heavy atom. The average molecular weight is 321 g/mol. The summed E-state index contributed by atoms with van der Waals surface area (Å²) in [6.07, 6.45) is 0.629. The zero-order chi connectivity index (χ0) is 15.9. The van der Waals surface area contributed by atoms with Gasteiger partial charge in [-0.2, -0.15) is 4.98 Å². The van der Waals surface area contributed by atoms with Crippen LogP contribution in [0, 0.1) is 5.92 Å². The molecule has 1 aliphatic rings. The smallest absolute Gasteiger partial charge is 0.269 e. The number of sulfonamides is 1. The quantitative estimate of drug-likeness (QED) is 0.849. The van der Waals surface area contributed by atoms with E-state index < -0.39 is 15.9 Å². The number of hydrogen-bond acceptors (Lipinski definition) is 6. The van der Waals surface area contributed by atoms with Crippen LogP contribution in [-0.4, -0.2) is 28.8 Å². The minimum Gasteiger partial charge on any atom is -0.337 e. The van der Waals surface area contributed by atoms with Crippen LogP contribution in [0.25, 0.3) is 0 Å². The predicted molar refractivity (Wildman–Crippen MR) is 76.3 cm³/mol. The topological polar surface area (TPSA) is 93.4 Å². The van der Waals surface area contributed by atoms with E-state index in [0.717, 1.165) is 4.31 Å². The third kappa shape index (κ3) is 2.39. The molecule has 0 radical (unpaired) electrons. The number of aromatic nitrogens is 2. The van der Waals surface area contributed by atoms with Crippen molar-refractivity contribution >= 4 is 15.9 Å². The summed E-state index contributed by atoms with van der Waals surface area (Å²) in [4.78, 5) is 16.4. The van der Waals surface area contributed by atoms with Gasteiger partial charge in [0.1, 0.15) is 11.4 Å². The number of amides is 1. The molecule has 0 N–H and O–H groups in total. The maximum absolute atomic E-state index is 12.4. The first-order valence-electron chi connectivity index (χ1n) is 6.87. The van der Waals surface area contributed by atoms with Crippen molar-refractivity contribution in [1.82, 2.24) is 14.4 Å². The van der Waals surface area contributed by atoms with Crippen LogP contribution in [0.1, 0.15) is 35.9 Å². The molecule has 116 valence electrons. The summed E-state index contributed by atoms with van der Waals surface area (Å²) in [5.41, 5.74) is 0.171. The summed E-state index contributed by atoms with van der Waals surface area (Å²) < 4.78 is 30.6. The third-order valence-corrected chi connectivity index (χ3v) is 5.08. The van der Waals surface area contributed by atoms with Crippen LogP contribution in [0.2, 0.25) is 0 Å². The molecule has 1 aromatic carbocycles. The van der Waals surface area contributed by atoms with E-state index in [-0.39, 0.29) is 22.9 Å². The van der Waals surface area contributed by atoms with Gasteiger partial charge in [0.05, 0.1) is 5.56 Å². The molecular formula is C14H15N3O4S. The zero-order valence-corrected chi connectivity index (χ0v) is 13.0. The highest BCUT2D eigenvalue weighted by molar-refractivity contribution is 7.90. The highest BCUT2D eigenvalue weighted by atomic mass is 32.2. The Hall–Kier alpha value is -2.22. The van der Waals surface area contributed by atoms with Crippen molar-refractivity contribution in [3.05, 3.63) is 41.5 Å². The zero-order valence-electron chi connectivity index (χ0n) is 12.2. The molecule has 0 spiro atoms. The molecule has 0 fully saturated rings. The molecule has 0 bridgehead atoms. The largest absolute Gasteiger partial charge is 0.337 e. The van der Waals surface area contributed by atoms with Crippen molar-refractivity contribution in [2.24, 2.45) is 5.92 Å². The Bertz CT molecular complexity index is 826. The molecule has 1 amide bonds. The van der Waals surface area contributed by atoms with E-state index in [1.54, 1.807) is 12.1 Å². The molecule has 22 heavy (non-hydrogen) atoms. The van der Waals surface area contributed by atoms with Crippen LogP contribution < -0.4 is 0 Å². The lowest BCUT2D eigenvalue weighted by Crippen LogP contribution is -2.29. The van der Waals surface area contributed by atoms with Crippen molar-refractivity contribution < 1.29 is 17.7 Å². The third-order valence-electron chi connectivity index (χ3n) is 3.29. The summed E-state index contributed by atoms with van der Waals surface area (Å²) in [6, 6.07) is 6.12.